The second-order valence-corrected chi connectivity index (χ2v) is 7.68. The lowest BCUT2D eigenvalue weighted by Gasteiger charge is -2.39. The van der Waals surface area contributed by atoms with E-state index in [2.05, 4.69) is 4.90 Å². The third-order valence-corrected chi connectivity index (χ3v) is 5.74. The van der Waals surface area contributed by atoms with Crippen LogP contribution in [-0.4, -0.2) is 49.0 Å². The van der Waals surface area contributed by atoms with Gasteiger partial charge in [-0.15, -0.1) is 0 Å². The molecule has 0 aliphatic carbocycles. The maximum Gasteiger partial charge on any atom is 0.254 e. The molecule has 0 bridgehead atoms. The summed E-state index contributed by atoms with van der Waals surface area (Å²) in [5, 5.41) is 0. The first-order valence-electron chi connectivity index (χ1n) is 10.3. The van der Waals surface area contributed by atoms with E-state index in [9.17, 15) is 18.0 Å². The molecule has 1 aliphatic heterocycles. The molecule has 1 saturated heterocycles. The molecular formula is C25H23F3N2O2. The summed E-state index contributed by atoms with van der Waals surface area (Å²) in [5.41, 5.74) is 2.04. The van der Waals surface area contributed by atoms with E-state index in [-0.39, 0.29) is 34.9 Å². The maximum atomic E-state index is 14.0. The van der Waals surface area contributed by atoms with Gasteiger partial charge in [-0.05, 0) is 53.6 Å². The van der Waals surface area contributed by atoms with Gasteiger partial charge in [-0.1, -0.05) is 24.3 Å². The summed E-state index contributed by atoms with van der Waals surface area (Å²) in [6.07, 6.45) is 0. The summed E-state index contributed by atoms with van der Waals surface area (Å²) in [5.74, 6) is -1.38. The quantitative estimate of drug-likeness (QED) is 0.579. The number of methoxy groups -OCH3 is 1. The zero-order valence-electron chi connectivity index (χ0n) is 17.6. The van der Waals surface area contributed by atoms with Crippen molar-refractivity contribution in [2.45, 2.75) is 6.04 Å². The summed E-state index contributed by atoms with van der Waals surface area (Å²) in [4.78, 5) is 16.7. The number of hydrogen-bond acceptors (Lipinski definition) is 3. The van der Waals surface area contributed by atoms with Gasteiger partial charge in [0.15, 0.2) is 11.6 Å². The molecule has 0 radical (unpaired) electrons. The van der Waals surface area contributed by atoms with Crippen LogP contribution >= 0.6 is 0 Å². The lowest BCUT2D eigenvalue weighted by Crippen LogP contribution is -2.49. The Bertz CT molecular complexity index is 1030. The first kappa shape index (κ1) is 21.9. The standard InChI is InChI=1S/C25H23F3N2O2/c1-32-23-11-6-19(16-22(23)28)25(31)30-14-12-29(13-15-30)24(17-2-7-20(26)8-3-17)18-4-9-21(27)10-5-18/h2-11,16,24H,12-15H2,1H3. The highest BCUT2D eigenvalue weighted by atomic mass is 19.1. The molecule has 1 fully saturated rings. The summed E-state index contributed by atoms with van der Waals surface area (Å²) in [7, 11) is 1.37. The smallest absolute Gasteiger partial charge is 0.254 e. The van der Waals surface area contributed by atoms with Crippen LogP contribution in [-0.2, 0) is 0 Å². The van der Waals surface area contributed by atoms with Crippen LogP contribution < -0.4 is 4.74 Å². The fourth-order valence-corrected chi connectivity index (χ4v) is 4.07. The minimum Gasteiger partial charge on any atom is -0.494 e. The minimum atomic E-state index is -0.579. The third kappa shape index (κ3) is 4.62. The molecule has 0 aromatic heterocycles. The van der Waals surface area contributed by atoms with Crippen molar-refractivity contribution in [2.24, 2.45) is 0 Å². The van der Waals surface area contributed by atoms with Crippen molar-refractivity contribution in [1.29, 1.82) is 0 Å². The Morgan fingerprint density at radius 3 is 1.81 bits per heavy atom. The van der Waals surface area contributed by atoms with Crippen molar-refractivity contribution < 1.29 is 22.7 Å². The number of hydrogen-bond donors (Lipinski definition) is 0. The van der Waals surface area contributed by atoms with Crippen LogP contribution in [0.3, 0.4) is 0 Å². The molecule has 4 rings (SSSR count). The second-order valence-electron chi connectivity index (χ2n) is 7.68. The van der Waals surface area contributed by atoms with Gasteiger partial charge in [0, 0.05) is 31.7 Å². The Labute approximate surface area is 184 Å². The van der Waals surface area contributed by atoms with Gasteiger partial charge in [-0.2, -0.15) is 0 Å². The maximum absolute atomic E-state index is 14.0. The number of nitrogens with zero attached hydrogens (tertiary/aromatic N) is 2. The van der Waals surface area contributed by atoms with Crippen molar-refractivity contribution in [2.75, 3.05) is 33.3 Å². The molecule has 3 aromatic carbocycles. The molecule has 166 valence electrons. The Morgan fingerprint density at radius 2 is 1.34 bits per heavy atom. The van der Waals surface area contributed by atoms with Crippen molar-refractivity contribution in [3.05, 3.63) is 101 Å². The number of rotatable bonds is 5. The lowest BCUT2D eigenvalue weighted by atomic mass is 9.96. The molecule has 0 atom stereocenters. The highest BCUT2D eigenvalue weighted by Gasteiger charge is 2.29. The predicted molar refractivity (Wildman–Crippen MR) is 115 cm³/mol. The number of ether oxygens (including phenoxy) is 1. The van der Waals surface area contributed by atoms with Gasteiger partial charge in [0.2, 0.25) is 0 Å². The van der Waals surface area contributed by atoms with Crippen LogP contribution in [0.5, 0.6) is 5.75 Å². The van der Waals surface area contributed by atoms with E-state index >= 15 is 0 Å². The molecule has 1 heterocycles. The van der Waals surface area contributed by atoms with E-state index in [0.717, 1.165) is 11.1 Å². The van der Waals surface area contributed by atoms with Crippen molar-refractivity contribution in [3.63, 3.8) is 0 Å². The monoisotopic (exact) mass is 440 g/mol. The van der Waals surface area contributed by atoms with Crippen molar-refractivity contribution >= 4 is 5.91 Å². The van der Waals surface area contributed by atoms with E-state index in [1.165, 1.54) is 43.5 Å². The molecule has 4 nitrogen and oxygen atoms in total. The Hall–Kier alpha value is -3.32. The van der Waals surface area contributed by atoms with Crippen LogP contribution in [0.4, 0.5) is 13.2 Å². The van der Waals surface area contributed by atoms with Crippen LogP contribution in [0.1, 0.15) is 27.5 Å². The molecule has 1 amide bonds. The zero-order valence-corrected chi connectivity index (χ0v) is 17.6. The van der Waals surface area contributed by atoms with E-state index in [1.807, 2.05) is 0 Å². The molecule has 0 spiro atoms. The summed E-state index contributed by atoms with van der Waals surface area (Å²) in [6.45, 7) is 2.02. The van der Waals surface area contributed by atoms with E-state index in [0.29, 0.717) is 26.2 Å². The SMILES string of the molecule is COc1ccc(C(=O)N2CCN(C(c3ccc(F)cc3)c3ccc(F)cc3)CC2)cc1F. The average Bonchev–Trinajstić information content (AvgIpc) is 2.81. The molecular weight excluding hydrogens is 417 g/mol. The number of carbonyl (C=O) groups excluding carboxylic acids is 1. The minimum absolute atomic E-state index is 0.0906. The number of carbonyl (C=O) groups is 1. The molecule has 7 heteroatoms. The Kier molecular flexibility index (Phi) is 6.46. The fourth-order valence-electron chi connectivity index (χ4n) is 4.07. The van der Waals surface area contributed by atoms with Gasteiger partial charge in [0.05, 0.1) is 13.2 Å². The summed E-state index contributed by atoms with van der Waals surface area (Å²) in [6, 6.07) is 16.5. The molecule has 0 saturated carbocycles. The molecule has 0 N–H and O–H groups in total. The number of halogens is 3. The summed E-state index contributed by atoms with van der Waals surface area (Å²) >= 11 is 0. The first-order chi connectivity index (χ1) is 15.5. The molecule has 3 aromatic rings. The van der Waals surface area contributed by atoms with Gasteiger partial charge in [0.25, 0.3) is 5.91 Å². The van der Waals surface area contributed by atoms with Crippen LogP contribution in [0.25, 0.3) is 0 Å². The Balaban J connectivity index is 1.52. The summed E-state index contributed by atoms with van der Waals surface area (Å²) < 4.78 is 45.9. The van der Waals surface area contributed by atoms with Gasteiger partial charge >= 0.3 is 0 Å². The van der Waals surface area contributed by atoms with Gasteiger partial charge < -0.3 is 9.64 Å². The average molecular weight is 440 g/mol. The topological polar surface area (TPSA) is 32.8 Å². The normalized spacial score (nSPS) is 14.6. The zero-order chi connectivity index (χ0) is 22.7. The van der Waals surface area contributed by atoms with Crippen LogP contribution in [0.2, 0.25) is 0 Å². The molecule has 32 heavy (non-hydrogen) atoms. The van der Waals surface area contributed by atoms with E-state index in [4.69, 9.17) is 4.74 Å². The van der Waals surface area contributed by atoms with Gasteiger partial charge in [0.1, 0.15) is 11.6 Å². The molecule has 0 unspecified atom stereocenters. The lowest BCUT2D eigenvalue weighted by molar-refractivity contribution is 0.0596. The highest BCUT2D eigenvalue weighted by Crippen LogP contribution is 2.30. The third-order valence-electron chi connectivity index (χ3n) is 5.74. The number of benzene rings is 3. The van der Waals surface area contributed by atoms with E-state index < -0.39 is 5.82 Å². The predicted octanol–water partition coefficient (Wildman–Crippen LogP) is 4.66. The van der Waals surface area contributed by atoms with Crippen LogP contribution in [0.15, 0.2) is 66.7 Å². The van der Waals surface area contributed by atoms with Gasteiger partial charge in [-0.25, -0.2) is 13.2 Å². The fraction of sp³-hybridized carbons (Fsp3) is 0.240. The van der Waals surface area contributed by atoms with Crippen LogP contribution in [0, 0.1) is 17.5 Å². The number of piperazine rings is 1. The number of amides is 1. The van der Waals surface area contributed by atoms with E-state index in [1.54, 1.807) is 35.2 Å². The molecule has 1 aliphatic rings. The van der Waals surface area contributed by atoms with Crippen molar-refractivity contribution in [1.82, 2.24) is 9.80 Å². The van der Waals surface area contributed by atoms with Crippen molar-refractivity contribution in [3.8, 4) is 5.75 Å². The second kappa shape index (κ2) is 9.44. The van der Waals surface area contributed by atoms with Gasteiger partial charge in [-0.3, -0.25) is 9.69 Å². The first-order valence-corrected chi connectivity index (χ1v) is 10.3. The largest absolute Gasteiger partial charge is 0.494 e. The highest BCUT2D eigenvalue weighted by molar-refractivity contribution is 5.94. The Morgan fingerprint density at radius 1 is 0.812 bits per heavy atom.